The maximum atomic E-state index is 14.6. The fraction of sp³-hybridized carbons (Fsp3) is 0.154. The predicted molar refractivity (Wildman–Crippen MR) is 132 cm³/mol. The standard InChI is InChI=1S/C26H20F3N7O/c1-35-21-9-16(3-2-15(21)8-22(35)25(37)36-13-26(28,29)14-36)24-30-7-6-23(34-24)33-18-4-5-19(20(27)10-18)17-11-31-32-12-17/h2-12H,13-14H2,1H3,(H,31,32)(H,30,33,34). The van der Waals surface area contributed by atoms with Gasteiger partial charge >= 0.3 is 0 Å². The van der Waals surface area contributed by atoms with Crippen LogP contribution in [-0.4, -0.2) is 54.6 Å². The number of hydrogen-bond acceptors (Lipinski definition) is 5. The third-order valence-corrected chi connectivity index (χ3v) is 6.36. The van der Waals surface area contributed by atoms with Crippen molar-refractivity contribution >= 4 is 28.3 Å². The molecule has 0 spiro atoms. The number of rotatable bonds is 5. The number of H-pyrrole nitrogens is 1. The molecule has 0 bridgehead atoms. The van der Waals surface area contributed by atoms with E-state index in [0.717, 1.165) is 15.8 Å². The summed E-state index contributed by atoms with van der Waals surface area (Å²) in [5.41, 5.74) is 3.38. The molecule has 2 aromatic carbocycles. The number of halogens is 3. The number of aromatic nitrogens is 5. The highest BCUT2D eigenvalue weighted by molar-refractivity contribution is 6.00. The lowest BCUT2D eigenvalue weighted by Crippen LogP contribution is -2.58. The summed E-state index contributed by atoms with van der Waals surface area (Å²) in [4.78, 5) is 22.8. The number of amides is 1. The number of hydrogen-bond donors (Lipinski definition) is 2. The number of alkyl halides is 2. The predicted octanol–water partition coefficient (Wildman–Crippen LogP) is 5.00. The molecule has 8 nitrogen and oxygen atoms in total. The first-order chi connectivity index (χ1) is 17.8. The topological polar surface area (TPSA) is 91.7 Å². The van der Waals surface area contributed by atoms with Crippen LogP contribution in [0, 0.1) is 5.82 Å². The Balaban J connectivity index is 1.25. The average Bonchev–Trinajstić information content (AvgIpc) is 3.51. The van der Waals surface area contributed by atoms with E-state index in [4.69, 9.17) is 0 Å². The minimum absolute atomic E-state index is 0.333. The normalized spacial score (nSPS) is 14.5. The van der Waals surface area contributed by atoms with Gasteiger partial charge in [0.25, 0.3) is 11.8 Å². The minimum atomic E-state index is -2.82. The number of likely N-dealkylation sites (tertiary alicyclic amines) is 1. The molecule has 1 aliphatic heterocycles. The maximum absolute atomic E-state index is 14.6. The smallest absolute Gasteiger partial charge is 0.282 e. The fourth-order valence-corrected chi connectivity index (χ4v) is 4.43. The number of aryl methyl sites for hydroxylation is 1. The first-order valence-corrected chi connectivity index (χ1v) is 11.4. The first kappa shape index (κ1) is 22.8. The quantitative estimate of drug-likeness (QED) is 0.352. The van der Waals surface area contributed by atoms with Gasteiger partial charge in [-0.05, 0) is 36.4 Å². The highest BCUT2D eigenvalue weighted by Gasteiger charge is 2.46. The van der Waals surface area contributed by atoms with Crippen molar-refractivity contribution < 1.29 is 18.0 Å². The molecule has 11 heteroatoms. The summed E-state index contributed by atoms with van der Waals surface area (Å²) >= 11 is 0. The van der Waals surface area contributed by atoms with E-state index in [0.29, 0.717) is 39.7 Å². The van der Waals surface area contributed by atoms with Gasteiger partial charge in [0.05, 0.1) is 19.3 Å². The van der Waals surface area contributed by atoms with Crippen LogP contribution in [0.1, 0.15) is 10.5 Å². The Morgan fingerprint density at radius 3 is 2.65 bits per heavy atom. The van der Waals surface area contributed by atoms with Gasteiger partial charge in [0.2, 0.25) is 0 Å². The van der Waals surface area contributed by atoms with E-state index in [1.54, 1.807) is 54.5 Å². The molecule has 0 aliphatic carbocycles. The molecule has 1 saturated heterocycles. The lowest BCUT2D eigenvalue weighted by Gasteiger charge is -2.38. The molecule has 6 rings (SSSR count). The van der Waals surface area contributed by atoms with E-state index < -0.39 is 30.7 Å². The molecule has 186 valence electrons. The van der Waals surface area contributed by atoms with E-state index in [2.05, 4.69) is 25.5 Å². The molecule has 37 heavy (non-hydrogen) atoms. The Morgan fingerprint density at radius 2 is 1.92 bits per heavy atom. The van der Waals surface area contributed by atoms with Gasteiger partial charge in [0.15, 0.2) is 5.82 Å². The van der Waals surface area contributed by atoms with Crippen molar-refractivity contribution in [1.82, 2.24) is 29.6 Å². The van der Waals surface area contributed by atoms with E-state index in [-0.39, 0.29) is 0 Å². The van der Waals surface area contributed by atoms with E-state index in [1.165, 1.54) is 6.07 Å². The lowest BCUT2D eigenvalue weighted by molar-refractivity contribution is -0.113. The molecule has 2 N–H and O–H groups in total. The highest BCUT2D eigenvalue weighted by atomic mass is 19.3. The van der Waals surface area contributed by atoms with Crippen molar-refractivity contribution in [2.75, 3.05) is 18.4 Å². The van der Waals surface area contributed by atoms with Crippen LogP contribution in [0.2, 0.25) is 0 Å². The number of anilines is 2. The highest BCUT2D eigenvalue weighted by Crippen LogP contribution is 2.31. The summed E-state index contributed by atoms with van der Waals surface area (Å²) < 4.78 is 42.8. The molecule has 0 radical (unpaired) electrons. The van der Waals surface area contributed by atoms with Crippen LogP contribution < -0.4 is 5.32 Å². The lowest BCUT2D eigenvalue weighted by atomic mass is 10.1. The number of carbonyl (C=O) groups excluding carboxylic acids is 1. The number of fused-ring (bicyclic) bond motifs is 1. The Morgan fingerprint density at radius 1 is 1.08 bits per heavy atom. The van der Waals surface area contributed by atoms with Gasteiger partial charge in [-0.2, -0.15) is 5.10 Å². The summed E-state index contributed by atoms with van der Waals surface area (Å²) in [5, 5.41) is 10.4. The van der Waals surface area contributed by atoms with Crippen LogP contribution in [0.25, 0.3) is 33.4 Å². The summed E-state index contributed by atoms with van der Waals surface area (Å²) in [6.07, 6.45) is 4.76. The summed E-state index contributed by atoms with van der Waals surface area (Å²) in [6.45, 7) is -1.13. The van der Waals surface area contributed by atoms with Crippen molar-refractivity contribution in [2.45, 2.75) is 5.92 Å². The monoisotopic (exact) mass is 503 g/mol. The van der Waals surface area contributed by atoms with Crippen LogP contribution in [0.15, 0.2) is 67.1 Å². The second-order valence-electron chi connectivity index (χ2n) is 8.95. The van der Waals surface area contributed by atoms with Crippen LogP contribution >= 0.6 is 0 Å². The number of nitrogens with zero attached hydrogens (tertiary/aromatic N) is 5. The molecular weight excluding hydrogens is 483 g/mol. The summed E-state index contributed by atoms with van der Waals surface area (Å²) in [6, 6.07) is 13.7. The van der Waals surface area contributed by atoms with E-state index in [9.17, 15) is 18.0 Å². The largest absolute Gasteiger partial charge is 0.340 e. The SMILES string of the molecule is Cn1c(C(=O)N2CC(F)(F)C2)cc2ccc(-c3nccc(Nc4ccc(-c5cn[nH]c5)c(F)c4)n3)cc21. The Hall–Kier alpha value is -4.67. The molecular formula is C26H20F3N7O. The van der Waals surface area contributed by atoms with Crippen LogP contribution in [0.3, 0.4) is 0 Å². The van der Waals surface area contributed by atoms with Crippen molar-refractivity contribution in [3.63, 3.8) is 0 Å². The number of benzene rings is 2. The Kier molecular flexibility index (Phi) is 5.21. The third kappa shape index (κ3) is 4.18. The molecule has 0 saturated carbocycles. The van der Waals surface area contributed by atoms with Crippen LogP contribution in [0.5, 0.6) is 0 Å². The van der Waals surface area contributed by atoms with Gasteiger partial charge in [0.1, 0.15) is 17.3 Å². The van der Waals surface area contributed by atoms with Gasteiger partial charge in [0, 0.05) is 52.7 Å². The molecule has 1 fully saturated rings. The van der Waals surface area contributed by atoms with Gasteiger partial charge in [-0.1, -0.05) is 12.1 Å². The second-order valence-corrected chi connectivity index (χ2v) is 8.95. The zero-order valence-corrected chi connectivity index (χ0v) is 19.5. The zero-order chi connectivity index (χ0) is 25.7. The second kappa shape index (κ2) is 8.47. The molecule has 3 aromatic heterocycles. The van der Waals surface area contributed by atoms with Gasteiger partial charge < -0.3 is 14.8 Å². The molecule has 0 atom stereocenters. The molecule has 4 heterocycles. The maximum Gasteiger partial charge on any atom is 0.282 e. The van der Waals surface area contributed by atoms with Crippen LogP contribution in [-0.2, 0) is 7.05 Å². The number of carbonyl (C=O) groups is 1. The van der Waals surface area contributed by atoms with Gasteiger partial charge in [-0.25, -0.2) is 23.1 Å². The summed E-state index contributed by atoms with van der Waals surface area (Å²) in [5.74, 6) is -2.75. The Bertz CT molecular complexity index is 1640. The number of nitrogens with one attached hydrogen (secondary N) is 2. The number of aromatic amines is 1. The van der Waals surface area contributed by atoms with E-state index >= 15 is 0 Å². The van der Waals surface area contributed by atoms with Crippen molar-refractivity contribution in [1.29, 1.82) is 0 Å². The van der Waals surface area contributed by atoms with Crippen LogP contribution in [0.4, 0.5) is 24.7 Å². The van der Waals surface area contributed by atoms with Gasteiger partial charge in [-0.15, -0.1) is 0 Å². The summed E-state index contributed by atoms with van der Waals surface area (Å²) in [7, 11) is 1.72. The third-order valence-electron chi connectivity index (χ3n) is 6.36. The average molecular weight is 503 g/mol. The van der Waals surface area contributed by atoms with E-state index in [1.807, 2.05) is 18.2 Å². The molecule has 1 amide bonds. The zero-order valence-electron chi connectivity index (χ0n) is 19.5. The van der Waals surface area contributed by atoms with Gasteiger partial charge in [-0.3, -0.25) is 9.89 Å². The molecule has 0 unspecified atom stereocenters. The Labute approximate surface area is 208 Å². The molecule has 1 aliphatic rings. The first-order valence-electron chi connectivity index (χ1n) is 11.4. The van der Waals surface area contributed by atoms with Crippen molar-refractivity contribution in [2.24, 2.45) is 7.05 Å². The van der Waals surface area contributed by atoms with Crippen molar-refractivity contribution in [3.8, 4) is 22.5 Å². The van der Waals surface area contributed by atoms with Crippen molar-refractivity contribution in [3.05, 3.63) is 78.6 Å². The molecule has 5 aromatic rings. The minimum Gasteiger partial charge on any atom is -0.340 e. The fourth-order valence-electron chi connectivity index (χ4n) is 4.43.